The first-order valence-electron chi connectivity index (χ1n) is 17.3. The Hall–Kier alpha value is -5.88. The molecule has 3 N–H and O–H groups in total. The maximum Gasteiger partial charge on any atom is 0.123 e. The van der Waals surface area contributed by atoms with E-state index in [2.05, 4.69) is 179 Å². The van der Waals surface area contributed by atoms with E-state index in [1.807, 2.05) is 11.3 Å². The van der Waals surface area contributed by atoms with Crippen LogP contribution in [0.15, 0.2) is 158 Å². The van der Waals surface area contributed by atoms with Gasteiger partial charge in [0.1, 0.15) is 12.3 Å². The molecule has 0 fully saturated rings. The molecule has 4 heterocycles. The Balaban J connectivity index is 1.10. The van der Waals surface area contributed by atoms with Gasteiger partial charge in [0, 0.05) is 42.8 Å². The summed E-state index contributed by atoms with van der Waals surface area (Å²) < 4.78 is 2.64. The fourth-order valence-electron chi connectivity index (χ4n) is 8.32. The Morgan fingerprint density at radius 3 is 2.34 bits per heavy atom. The number of hydrogen-bond donors (Lipinski definition) is 3. The molecule has 0 aliphatic carbocycles. The molecule has 0 saturated heterocycles. The monoisotopic (exact) mass is 660 g/mol. The molecule has 3 unspecified atom stereocenters. The zero-order chi connectivity index (χ0) is 32.8. The van der Waals surface area contributed by atoms with E-state index in [4.69, 9.17) is 0 Å². The van der Waals surface area contributed by atoms with Crippen LogP contribution in [0.1, 0.15) is 28.9 Å². The van der Waals surface area contributed by atoms with Gasteiger partial charge in [-0.2, -0.15) is 0 Å². The van der Waals surface area contributed by atoms with Crippen molar-refractivity contribution in [3.63, 3.8) is 0 Å². The molecule has 5 heteroatoms. The molecule has 7 aromatic carbocycles. The lowest BCUT2D eigenvalue weighted by Gasteiger charge is -2.33. The van der Waals surface area contributed by atoms with Crippen molar-refractivity contribution in [2.24, 2.45) is 0 Å². The smallest absolute Gasteiger partial charge is 0.123 e. The van der Waals surface area contributed by atoms with E-state index < -0.39 is 0 Å². The van der Waals surface area contributed by atoms with E-state index in [1.165, 1.54) is 80.6 Å². The molecule has 0 spiro atoms. The van der Waals surface area contributed by atoms with E-state index in [9.17, 15) is 0 Å². The van der Waals surface area contributed by atoms with Crippen LogP contribution >= 0.6 is 11.3 Å². The molecule has 238 valence electrons. The van der Waals surface area contributed by atoms with Crippen molar-refractivity contribution in [2.45, 2.75) is 18.4 Å². The van der Waals surface area contributed by atoms with Crippen molar-refractivity contribution in [1.82, 2.24) is 10.6 Å². The van der Waals surface area contributed by atoms with Crippen LogP contribution in [-0.4, -0.2) is 6.17 Å². The Morgan fingerprint density at radius 2 is 1.40 bits per heavy atom. The number of nitrogens with zero attached hydrogens (tertiary/aromatic N) is 1. The van der Waals surface area contributed by atoms with Gasteiger partial charge in [-0.3, -0.25) is 5.32 Å². The van der Waals surface area contributed by atoms with Crippen LogP contribution in [0.25, 0.3) is 58.2 Å². The molecule has 8 aromatic rings. The van der Waals surface area contributed by atoms with Crippen molar-refractivity contribution in [2.75, 3.05) is 10.2 Å². The summed E-state index contributed by atoms with van der Waals surface area (Å²) in [5.41, 5.74) is 7.23. The first-order valence-corrected chi connectivity index (χ1v) is 18.1. The highest BCUT2D eigenvalue weighted by atomic mass is 32.1. The van der Waals surface area contributed by atoms with Crippen LogP contribution in [0, 0.1) is 0 Å². The number of hydrogen-bond acceptors (Lipinski definition) is 5. The quantitative estimate of drug-likeness (QED) is 0.165. The second-order valence-electron chi connectivity index (χ2n) is 13.5. The minimum absolute atomic E-state index is 0.0379. The molecule has 0 amide bonds. The van der Waals surface area contributed by atoms with Crippen LogP contribution in [0.3, 0.4) is 0 Å². The van der Waals surface area contributed by atoms with Crippen molar-refractivity contribution < 1.29 is 0 Å². The van der Waals surface area contributed by atoms with Gasteiger partial charge in [0.15, 0.2) is 0 Å². The van der Waals surface area contributed by atoms with E-state index in [-0.39, 0.29) is 18.4 Å². The Kier molecular flexibility index (Phi) is 6.06. The topological polar surface area (TPSA) is 39.3 Å². The molecule has 11 rings (SSSR count). The van der Waals surface area contributed by atoms with Crippen LogP contribution in [0.4, 0.5) is 11.4 Å². The van der Waals surface area contributed by atoms with Gasteiger partial charge in [-0.1, -0.05) is 109 Å². The number of benzene rings is 7. The summed E-state index contributed by atoms with van der Waals surface area (Å²) in [5, 5.41) is 22.0. The lowest BCUT2D eigenvalue weighted by molar-refractivity contribution is 0.443. The molecule has 3 atom stereocenters. The third-order valence-electron chi connectivity index (χ3n) is 10.7. The number of allylic oxidation sites excluding steroid dienone is 2. The number of fused-ring (bicyclic) bond motifs is 13. The Bertz CT molecular complexity index is 2770. The van der Waals surface area contributed by atoms with Crippen molar-refractivity contribution in [3.8, 4) is 0 Å². The van der Waals surface area contributed by atoms with Crippen molar-refractivity contribution in [1.29, 1.82) is 0 Å². The summed E-state index contributed by atoms with van der Waals surface area (Å²) in [6.07, 6.45) is 11.0. The van der Waals surface area contributed by atoms with E-state index in [0.717, 1.165) is 5.70 Å². The van der Waals surface area contributed by atoms with Gasteiger partial charge >= 0.3 is 0 Å². The van der Waals surface area contributed by atoms with Gasteiger partial charge in [0.25, 0.3) is 0 Å². The molecule has 1 aromatic heterocycles. The van der Waals surface area contributed by atoms with Gasteiger partial charge in [-0.25, -0.2) is 0 Å². The van der Waals surface area contributed by atoms with Crippen LogP contribution in [0.2, 0.25) is 0 Å². The van der Waals surface area contributed by atoms with E-state index in [0.29, 0.717) is 0 Å². The fourth-order valence-corrected chi connectivity index (χ4v) is 9.41. The summed E-state index contributed by atoms with van der Waals surface area (Å²) >= 11 is 1.86. The minimum Gasteiger partial charge on any atom is -0.366 e. The molecule has 0 saturated carbocycles. The normalized spacial score (nSPS) is 19.6. The minimum atomic E-state index is -0.110. The third kappa shape index (κ3) is 4.21. The second kappa shape index (κ2) is 10.8. The van der Waals surface area contributed by atoms with Gasteiger partial charge in [0.05, 0.1) is 17.4 Å². The largest absolute Gasteiger partial charge is 0.366 e. The first-order chi connectivity index (χ1) is 24.8. The van der Waals surface area contributed by atoms with Gasteiger partial charge in [0.2, 0.25) is 0 Å². The predicted octanol–water partition coefficient (Wildman–Crippen LogP) is 11.1. The van der Waals surface area contributed by atoms with Gasteiger partial charge in [-0.15, -0.1) is 11.3 Å². The van der Waals surface area contributed by atoms with Gasteiger partial charge < -0.3 is 15.5 Å². The summed E-state index contributed by atoms with van der Waals surface area (Å²) in [6, 6.07) is 46.9. The molecular weight excluding hydrogens is 629 g/mol. The zero-order valence-corrected chi connectivity index (χ0v) is 27.9. The molecule has 0 radical (unpaired) electrons. The molecule has 4 nitrogen and oxygen atoms in total. The summed E-state index contributed by atoms with van der Waals surface area (Å²) in [6.45, 7) is 0. The Morgan fingerprint density at radius 1 is 0.580 bits per heavy atom. The number of rotatable bonds is 3. The molecule has 50 heavy (non-hydrogen) atoms. The van der Waals surface area contributed by atoms with Crippen LogP contribution < -0.4 is 20.9 Å². The average Bonchev–Trinajstić information content (AvgIpc) is 3.76. The first kappa shape index (κ1) is 28.0. The highest BCUT2D eigenvalue weighted by Gasteiger charge is 2.32. The fraction of sp³-hybridized carbons (Fsp3) is 0.0667. The molecule has 3 aliphatic rings. The lowest BCUT2D eigenvalue weighted by Crippen LogP contribution is -2.39. The maximum atomic E-state index is 3.97. The second-order valence-corrected chi connectivity index (χ2v) is 14.6. The third-order valence-corrected chi connectivity index (χ3v) is 11.8. The highest BCUT2D eigenvalue weighted by molar-refractivity contribution is 7.25. The molecular formula is C45H32N4S. The summed E-state index contributed by atoms with van der Waals surface area (Å²) in [7, 11) is 0. The van der Waals surface area contributed by atoms with E-state index >= 15 is 0 Å². The molecule has 0 bridgehead atoms. The summed E-state index contributed by atoms with van der Waals surface area (Å²) in [4.78, 5) is 2.37. The van der Waals surface area contributed by atoms with Gasteiger partial charge in [-0.05, 0) is 80.7 Å². The standard InChI is InChI=1S/C45H32N4S/c1-2-11-28(12-3-1)37-26-38(29-19-22-40-35(24-29)32-14-6-7-15-39(32)50-40)47-45(46-37)30-18-20-33-36(25-30)42-31-13-5-4-10-27(31)17-21-34(42)43-44(33)49-23-9-8-16-41(49)48-43/h1-26,37,41,45-48H. The van der Waals surface area contributed by atoms with Crippen LogP contribution in [0.5, 0.6) is 0 Å². The predicted molar refractivity (Wildman–Crippen MR) is 213 cm³/mol. The highest BCUT2D eigenvalue weighted by Crippen LogP contribution is 2.50. The van der Waals surface area contributed by atoms with E-state index in [1.54, 1.807) is 0 Å². The number of thiophene rings is 1. The number of nitrogens with one attached hydrogen (secondary N) is 3. The maximum absolute atomic E-state index is 3.97. The van der Waals surface area contributed by atoms with Crippen LogP contribution in [-0.2, 0) is 0 Å². The zero-order valence-electron chi connectivity index (χ0n) is 27.1. The molecule has 3 aliphatic heterocycles. The summed E-state index contributed by atoms with van der Waals surface area (Å²) in [5.74, 6) is 0. The van der Waals surface area contributed by atoms with Crippen molar-refractivity contribution in [3.05, 3.63) is 175 Å². The average molecular weight is 661 g/mol. The number of anilines is 2. The lowest BCUT2D eigenvalue weighted by atomic mass is 9.91. The SMILES string of the molecule is C1=CC2Nc3c(c4ccc(C5NC(c6ccc7sc8ccccc8c7c6)=CC(c6ccccc6)N5)cc4c4c3ccc3ccccc34)N2C=C1. The van der Waals surface area contributed by atoms with Crippen molar-refractivity contribution >= 4 is 80.9 Å². The Labute approximate surface area is 293 Å².